The third-order valence-electron chi connectivity index (χ3n) is 4.81. The molecule has 1 unspecified atom stereocenters. The van der Waals surface area contributed by atoms with Crippen molar-refractivity contribution >= 4 is 12.2 Å². The summed E-state index contributed by atoms with van der Waals surface area (Å²) in [5.41, 5.74) is 3.63. The molecule has 1 amide bonds. The minimum atomic E-state index is -0.103. The molecule has 4 heteroatoms. The van der Waals surface area contributed by atoms with E-state index in [4.69, 9.17) is 0 Å². The zero-order valence-electron chi connectivity index (χ0n) is 14.6. The quantitative estimate of drug-likeness (QED) is 0.823. The highest BCUT2D eigenvalue weighted by Gasteiger charge is 2.24. The number of hydrogen-bond donors (Lipinski definition) is 1. The number of aryl methyl sites for hydroxylation is 1. The van der Waals surface area contributed by atoms with Crippen molar-refractivity contribution in [3.63, 3.8) is 0 Å². The Morgan fingerprint density at radius 2 is 1.72 bits per heavy atom. The molecule has 0 aromatic heterocycles. The summed E-state index contributed by atoms with van der Waals surface area (Å²) in [5, 5.41) is 3.06. The van der Waals surface area contributed by atoms with Crippen LogP contribution in [0.15, 0.2) is 48.5 Å². The Bertz CT molecular complexity index is 717. The molecule has 1 atom stereocenters. The number of amides is 1. The van der Waals surface area contributed by atoms with E-state index in [2.05, 4.69) is 41.4 Å². The summed E-state index contributed by atoms with van der Waals surface area (Å²) < 4.78 is 0. The Kier molecular flexibility index (Phi) is 5.61. The van der Waals surface area contributed by atoms with Crippen LogP contribution in [-0.4, -0.2) is 36.7 Å². The van der Waals surface area contributed by atoms with Crippen molar-refractivity contribution in [3.8, 4) is 0 Å². The maximum Gasteiger partial charge on any atom is 0.251 e. The van der Waals surface area contributed by atoms with E-state index in [0.29, 0.717) is 17.7 Å². The molecule has 2 aromatic carbocycles. The molecule has 2 aromatic rings. The van der Waals surface area contributed by atoms with Crippen LogP contribution in [0, 0.1) is 6.92 Å². The lowest BCUT2D eigenvalue weighted by Gasteiger charge is -2.28. The number of likely N-dealkylation sites (tertiary alicyclic amines) is 1. The molecule has 25 heavy (non-hydrogen) atoms. The highest BCUT2D eigenvalue weighted by molar-refractivity contribution is 5.94. The lowest BCUT2D eigenvalue weighted by atomic mass is 10.0. The van der Waals surface area contributed by atoms with E-state index in [0.717, 1.165) is 19.4 Å². The summed E-state index contributed by atoms with van der Waals surface area (Å²) in [6.45, 7) is 4.81. The fourth-order valence-corrected chi connectivity index (χ4v) is 3.30. The number of aldehydes is 1. The van der Waals surface area contributed by atoms with Crippen LogP contribution >= 0.6 is 0 Å². The summed E-state index contributed by atoms with van der Waals surface area (Å²) in [6.07, 6.45) is 3.20. The van der Waals surface area contributed by atoms with Crippen LogP contribution in [-0.2, 0) is 0 Å². The van der Waals surface area contributed by atoms with Gasteiger partial charge in [-0.15, -0.1) is 0 Å². The Morgan fingerprint density at radius 3 is 2.32 bits per heavy atom. The third kappa shape index (κ3) is 4.34. The summed E-state index contributed by atoms with van der Waals surface area (Å²) in [5.74, 6) is -0.103. The van der Waals surface area contributed by atoms with Gasteiger partial charge in [-0.3, -0.25) is 14.5 Å². The van der Waals surface area contributed by atoms with Crippen molar-refractivity contribution in [2.75, 3.05) is 19.6 Å². The predicted octanol–water partition coefficient (Wildman–Crippen LogP) is 3.37. The van der Waals surface area contributed by atoms with Crippen molar-refractivity contribution in [3.05, 3.63) is 70.8 Å². The summed E-state index contributed by atoms with van der Waals surface area (Å²) in [4.78, 5) is 25.6. The first-order valence-electron chi connectivity index (χ1n) is 8.81. The molecule has 1 aliphatic rings. The van der Waals surface area contributed by atoms with Gasteiger partial charge in [-0.25, -0.2) is 0 Å². The first-order valence-corrected chi connectivity index (χ1v) is 8.81. The van der Waals surface area contributed by atoms with Gasteiger partial charge in [-0.1, -0.05) is 42.0 Å². The van der Waals surface area contributed by atoms with Crippen molar-refractivity contribution in [1.82, 2.24) is 10.2 Å². The molecular weight excluding hydrogens is 312 g/mol. The molecule has 3 rings (SSSR count). The lowest BCUT2D eigenvalue weighted by molar-refractivity contribution is 0.0937. The van der Waals surface area contributed by atoms with E-state index in [1.165, 1.54) is 24.0 Å². The fourth-order valence-electron chi connectivity index (χ4n) is 3.30. The molecule has 1 N–H and O–H groups in total. The molecular formula is C21H24N2O2. The monoisotopic (exact) mass is 336 g/mol. The van der Waals surface area contributed by atoms with Crippen LogP contribution in [0.4, 0.5) is 0 Å². The molecule has 1 fully saturated rings. The number of benzene rings is 2. The van der Waals surface area contributed by atoms with E-state index in [1.54, 1.807) is 24.3 Å². The minimum absolute atomic E-state index is 0.103. The highest BCUT2D eigenvalue weighted by atomic mass is 16.1. The first-order chi connectivity index (χ1) is 12.2. The van der Waals surface area contributed by atoms with Crippen molar-refractivity contribution in [1.29, 1.82) is 0 Å². The molecule has 0 aliphatic carbocycles. The van der Waals surface area contributed by atoms with E-state index < -0.39 is 0 Å². The minimum Gasteiger partial charge on any atom is -0.350 e. The van der Waals surface area contributed by atoms with Gasteiger partial charge >= 0.3 is 0 Å². The number of rotatable bonds is 6. The zero-order chi connectivity index (χ0) is 17.6. The van der Waals surface area contributed by atoms with Gasteiger partial charge in [0.1, 0.15) is 6.29 Å². The normalized spacial score (nSPS) is 15.7. The molecule has 0 radical (unpaired) electrons. The van der Waals surface area contributed by atoms with Crippen LogP contribution < -0.4 is 5.32 Å². The smallest absolute Gasteiger partial charge is 0.251 e. The van der Waals surface area contributed by atoms with Gasteiger partial charge in [0.05, 0.1) is 6.04 Å². The number of carbonyl (C=O) groups excluding carboxylic acids is 2. The summed E-state index contributed by atoms with van der Waals surface area (Å²) in [7, 11) is 0. The van der Waals surface area contributed by atoms with Gasteiger partial charge in [-0.05, 0) is 50.6 Å². The molecule has 1 heterocycles. The first kappa shape index (κ1) is 17.4. The Hall–Kier alpha value is -2.46. The number of nitrogens with zero attached hydrogens (tertiary/aromatic N) is 1. The second-order valence-electron chi connectivity index (χ2n) is 6.62. The van der Waals surface area contributed by atoms with E-state index in [-0.39, 0.29) is 11.9 Å². The average Bonchev–Trinajstić information content (AvgIpc) is 3.17. The van der Waals surface area contributed by atoms with Crippen LogP contribution in [0.1, 0.15) is 50.7 Å². The number of carbonyl (C=O) groups is 2. The van der Waals surface area contributed by atoms with Gasteiger partial charge < -0.3 is 5.32 Å². The van der Waals surface area contributed by atoms with Crippen LogP contribution in [0.3, 0.4) is 0 Å². The molecule has 1 saturated heterocycles. The molecule has 0 saturated carbocycles. The van der Waals surface area contributed by atoms with Gasteiger partial charge in [0.25, 0.3) is 5.91 Å². The van der Waals surface area contributed by atoms with Gasteiger partial charge in [0.15, 0.2) is 0 Å². The maximum absolute atomic E-state index is 12.4. The van der Waals surface area contributed by atoms with Crippen molar-refractivity contribution in [2.24, 2.45) is 0 Å². The standard InChI is InChI=1S/C21H24N2O2/c1-16-4-8-18(9-5-16)20(23-12-2-3-13-23)14-22-21(25)19-10-6-17(15-24)7-11-19/h4-11,15,20H,2-3,12-14H2,1H3,(H,22,25). The second kappa shape index (κ2) is 8.08. The molecule has 0 spiro atoms. The second-order valence-corrected chi connectivity index (χ2v) is 6.62. The lowest BCUT2D eigenvalue weighted by Crippen LogP contribution is -2.36. The topological polar surface area (TPSA) is 49.4 Å². The molecule has 4 nitrogen and oxygen atoms in total. The predicted molar refractivity (Wildman–Crippen MR) is 98.9 cm³/mol. The van der Waals surface area contributed by atoms with Gasteiger partial charge in [-0.2, -0.15) is 0 Å². The molecule has 1 aliphatic heterocycles. The Balaban J connectivity index is 1.70. The van der Waals surface area contributed by atoms with Crippen LogP contribution in [0.5, 0.6) is 0 Å². The maximum atomic E-state index is 12.4. The van der Waals surface area contributed by atoms with E-state index in [1.807, 2.05) is 0 Å². The number of nitrogens with one attached hydrogen (secondary N) is 1. The van der Waals surface area contributed by atoms with Crippen LogP contribution in [0.25, 0.3) is 0 Å². The van der Waals surface area contributed by atoms with E-state index in [9.17, 15) is 9.59 Å². The van der Waals surface area contributed by atoms with E-state index >= 15 is 0 Å². The summed E-state index contributed by atoms with van der Waals surface area (Å²) >= 11 is 0. The Morgan fingerprint density at radius 1 is 1.08 bits per heavy atom. The molecule has 130 valence electrons. The molecule has 0 bridgehead atoms. The Labute approximate surface area is 148 Å². The third-order valence-corrected chi connectivity index (χ3v) is 4.81. The van der Waals surface area contributed by atoms with Crippen LogP contribution in [0.2, 0.25) is 0 Å². The zero-order valence-corrected chi connectivity index (χ0v) is 14.6. The van der Waals surface area contributed by atoms with Crippen molar-refractivity contribution < 1.29 is 9.59 Å². The summed E-state index contributed by atoms with van der Waals surface area (Å²) in [6, 6.07) is 15.5. The van der Waals surface area contributed by atoms with Gasteiger partial charge in [0.2, 0.25) is 0 Å². The SMILES string of the molecule is Cc1ccc(C(CNC(=O)c2ccc(C=O)cc2)N2CCCC2)cc1. The fraction of sp³-hybridized carbons (Fsp3) is 0.333. The number of hydrogen-bond acceptors (Lipinski definition) is 3. The largest absolute Gasteiger partial charge is 0.350 e. The highest BCUT2D eigenvalue weighted by Crippen LogP contribution is 2.25. The van der Waals surface area contributed by atoms with Crippen molar-refractivity contribution in [2.45, 2.75) is 25.8 Å². The van der Waals surface area contributed by atoms with Gasteiger partial charge in [0, 0.05) is 17.7 Å². The average molecular weight is 336 g/mol.